The summed E-state index contributed by atoms with van der Waals surface area (Å²) in [6.45, 7) is 2.48. The van der Waals surface area contributed by atoms with Gasteiger partial charge in [0.25, 0.3) is 0 Å². The van der Waals surface area contributed by atoms with Crippen molar-refractivity contribution in [2.75, 3.05) is 13.6 Å². The number of likely N-dealkylation sites (tertiary alicyclic amines) is 1. The number of benzene rings is 3. The van der Waals surface area contributed by atoms with Gasteiger partial charge in [0.1, 0.15) is 6.04 Å². The molecule has 5 rings (SSSR count). The van der Waals surface area contributed by atoms with E-state index in [1.165, 1.54) is 4.90 Å². The number of nitrogens with zero attached hydrogens (tertiary/aromatic N) is 3. The smallest absolute Gasteiger partial charge is 0.328 e. The van der Waals surface area contributed by atoms with Crippen molar-refractivity contribution in [1.29, 1.82) is 0 Å². The molecule has 2 bridgehead atoms. The number of urea groups is 1. The minimum absolute atomic E-state index is 0.187. The molecule has 0 aliphatic carbocycles. The summed E-state index contributed by atoms with van der Waals surface area (Å²) in [5, 5.41) is 10.4. The first-order valence-corrected chi connectivity index (χ1v) is 13.0. The minimum Gasteiger partial charge on any atom is -0.480 e. The number of carboxylic acids is 1. The Kier molecular flexibility index (Phi) is 6.93. The Bertz CT molecular complexity index is 1260. The number of hydrogen-bond donors (Lipinski definition) is 1. The van der Waals surface area contributed by atoms with Gasteiger partial charge in [-0.05, 0) is 36.5 Å². The average Bonchev–Trinajstić information content (AvgIpc) is 3.25. The molecule has 3 aromatic rings. The quantitative estimate of drug-likeness (QED) is 0.533. The second-order valence-electron chi connectivity index (χ2n) is 10.4. The van der Waals surface area contributed by atoms with E-state index in [1.54, 1.807) is 16.8 Å². The summed E-state index contributed by atoms with van der Waals surface area (Å²) in [6.07, 6.45) is 1.21. The molecule has 196 valence electrons. The van der Waals surface area contributed by atoms with E-state index in [-0.39, 0.29) is 24.5 Å². The van der Waals surface area contributed by atoms with Crippen molar-refractivity contribution in [2.45, 2.75) is 49.9 Å². The lowest BCUT2D eigenvalue weighted by atomic mass is 9.74. The summed E-state index contributed by atoms with van der Waals surface area (Å²) in [6, 6.07) is 26.6. The highest BCUT2D eigenvalue weighted by atomic mass is 16.4. The van der Waals surface area contributed by atoms with Gasteiger partial charge in [0.15, 0.2) is 0 Å². The molecule has 2 saturated heterocycles. The highest BCUT2D eigenvalue weighted by molar-refractivity contribution is 5.95. The highest BCUT2D eigenvalue weighted by Crippen LogP contribution is 2.40. The van der Waals surface area contributed by atoms with Gasteiger partial charge in [-0.15, -0.1) is 0 Å². The van der Waals surface area contributed by atoms with Crippen molar-refractivity contribution in [3.63, 3.8) is 0 Å². The predicted octanol–water partition coefficient (Wildman–Crippen LogP) is 4.37. The van der Waals surface area contributed by atoms with Crippen LogP contribution in [-0.4, -0.2) is 69.4 Å². The third-order valence-electron chi connectivity index (χ3n) is 8.11. The lowest BCUT2D eigenvalue weighted by molar-refractivity contribution is -0.158. The van der Waals surface area contributed by atoms with Crippen molar-refractivity contribution < 1.29 is 19.5 Å². The van der Waals surface area contributed by atoms with Crippen molar-refractivity contribution in [2.24, 2.45) is 0 Å². The molecule has 0 unspecified atom stereocenters. The molecule has 0 spiro atoms. The number of amides is 3. The van der Waals surface area contributed by atoms with Gasteiger partial charge in [0, 0.05) is 20.1 Å². The highest BCUT2D eigenvalue weighted by Gasteiger charge is 2.55. The second kappa shape index (κ2) is 10.3. The molecule has 1 N–H and O–H groups in total. The Labute approximate surface area is 223 Å². The topological polar surface area (TPSA) is 81.2 Å². The van der Waals surface area contributed by atoms with Crippen molar-refractivity contribution >= 4 is 17.9 Å². The molecular weight excluding hydrogens is 478 g/mol. The summed E-state index contributed by atoms with van der Waals surface area (Å²) in [5.41, 5.74) is 1.52. The number of carboxylic acid groups (broad SMARTS) is 1. The zero-order chi connectivity index (χ0) is 26.9. The summed E-state index contributed by atoms with van der Waals surface area (Å²) in [7, 11) is 1.74. The first-order valence-electron chi connectivity index (χ1n) is 13.0. The van der Waals surface area contributed by atoms with Crippen LogP contribution in [0.1, 0.15) is 36.5 Å². The zero-order valence-electron chi connectivity index (χ0n) is 21.7. The molecule has 3 aromatic carbocycles. The summed E-state index contributed by atoms with van der Waals surface area (Å²) < 4.78 is 0. The van der Waals surface area contributed by atoms with Gasteiger partial charge in [-0.25, -0.2) is 9.59 Å². The number of carbonyl (C=O) groups excluding carboxylic acids is 2. The van der Waals surface area contributed by atoms with Crippen LogP contribution in [0.3, 0.4) is 0 Å². The number of fused-ring (bicyclic) bond motifs is 2. The van der Waals surface area contributed by atoms with Gasteiger partial charge in [-0.2, -0.15) is 0 Å². The van der Waals surface area contributed by atoms with Gasteiger partial charge in [0.05, 0.1) is 17.5 Å². The first-order chi connectivity index (χ1) is 18.3. The molecule has 2 aliphatic rings. The summed E-state index contributed by atoms with van der Waals surface area (Å²) in [5.74, 6) is -1.35. The first kappa shape index (κ1) is 25.5. The van der Waals surface area contributed by atoms with E-state index in [0.29, 0.717) is 19.4 Å². The van der Waals surface area contributed by atoms with E-state index >= 15 is 0 Å². The predicted molar refractivity (Wildman–Crippen MR) is 144 cm³/mol. The zero-order valence-corrected chi connectivity index (χ0v) is 21.7. The van der Waals surface area contributed by atoms with Crippen LogP contribution < -0.4 is 0 Å². The van der Waals surface area contributed by atoms with Gasteiger partial charge >= 0.3 is 12.0 Å². The van der Waals surface area contributed by atoms with Crippen LogP contribution in [-0.2, 0) is 21.5 Å². The van der Waals surface area contributed by atoms with E-state index in [9.17, 15) is 19.5 Å². The van der Waals surface area contributed by atoms with Gasteiger partial charge in [-0.3, -0.25) is 4.79 Å². The maximum absolute atomic E-state index is 14.5. The van der Waals surface area contributed by atoms with E-state index < -0.39 is 23.5 Å². The van der Waals surface area contributed by atoms with E-state index in [4.69, 9.17) is 0 Å². The molecular formula is C31H33N3O4. The van der Waals surface area contributed by atoms with Crippen LogP contribution >= 0.6 is 0 Å². The fourth-order valence-electron chi connectivity index (χ4n) is 6.12. The molecule has 0 aromatic heterocycles. The molecule has 2 heterocycles. The standard InChI is InChI=1S/C31H33N3O4/c1-31(23-14-8-4-9-15-23,24-16-10-5-11-17-24)29(37)33-21-25-18-19-26(27(33)28(35)36)34(25)30(38)32(2)20-22-12-6-3-7-13-22/h3-17,25-27H,18-21H2,1-2H3,(H,35,36)/t25-,26+,27-/m0/s1. The third-order valence-corrected chi connectivity index (χ3v) is 8.11. The molecule has 2 aliphatic heterocycles. The third kappa shape index (κ3) is 4.42. The molecule has 2 fully saturated rings. The SMILES string of the molecule is CN(Cc1ccccc1)C(=O)N1[C@H]2CC[C@@H]1[C@@H](C(=O)O)N(C(=O)C(C)(c1ccccc1)c1ccccc1)C2. The fourth-order valence-corrected chi connectivity index (χ4v) is 6.12. The molecule has 0 radical (unpaired) electrons. The van der Waals surface area contributed by atoms with Crippen LogP contribution in [0.4, 0.5) is 4.79 Å². The Hall–Kier alpha value is -4.13. The van der Waals surface area contributed by atoms with E-state index in [1.807, 2.05) is 97.9 Å². The van der Waals surface area contributed by atoms with Gasteiger partial charge in [0.2, 0.25) is 5.91 Å². The molecule has 3 atom stereocenters. The van der Waals surface area contributed by atoms with Crippen LogP contribution in [0.5, 0.6) is 0 Å². The lowest BCUT2D eigenvalue weighted by Gasteiger charge is -2.48. The van der Waals surface area contributed by atoms with E-state index in [2.05, 4.69) is 0 Å². The average molecular weight is 512 g/mol. The number of piperazine rings is 1. The second-order valence-corrected chi connectivity index (χ2v) is 10.4. The van der Waals surface area contributed by atoms with Crippen LogP contribution in [0.25, 0.3) is 0 Å². The minimum atomic E-state index is -1.12. The van der Waals surface area contributed by atoms with Crippen LogP contribution in [0, 0.1) is 0 Å². The summed E-state index contributed by atoms with van der Waals surface area (Å²) >= 11 is 0. The Morgan fingerprint density at radius 1 is 0.868 bits per heavy atom. The molecule has 7 nitrogen and oxygen atoms in total. The Morgan fingerprint density at radius 2 is 1.39 bits per heavy atom. The molecule has 38 heavy (non-hydrogen) atoms. The number of carbonyl (C=O) groups is 3. The largest absolute Gasteiger partial charge is 0.480 e. The maximum atomic E-state index is 14.5. The van der Waals surface area contributed by atoms with Crippen molar-refractivity contribution in [1.82, 2.24) is 14.7 Å². The Balaban J connectivity index is 1.47. The normalized spacial score (nSPS) is 20.7. The van der Waals surface area contributed by atoms with Crippen LogP contribution in [0.2, 0.25) is 0 Å². The maximum Gasteiger partial charge on any atom is 0.328 e. The molecule has 7 heteroatoms. The van der Waals surface area contributed by atoms with Crippen LogP contribution in [0.15, 0.2) is 91.0 Å². The van der Waals surface area contributed by atoms with E-state index in [0.717, 1.165) is 16.7 Å². The lowest BCUT2D eigenvalue weighted by Crippen LogP contribution is -2.68. The number of rotatable bonds is 6. The number of aliphatic carboxylic acids is 1. The van der Waals surface area contributed by atoms with Crippen molar-refractivity contribution in [3.05, 3.63) is 108 Å². The summed E-state index contributed by atoms with van der Waals surface area (Å²) in [4.78, 5) is 45.7. The van der Waals surface area contributed by atoms with Gasteiger partial charge < -0.3 is 19.8 Å². The Morgan fingerprint density at radius 3 is 1.92 bits per heavy atom. The monoisotopic (exact) mass is 511 g/mol. The molecule has 3 amide bonds. The van der Waals surface area contributed by atoms with Crippen molar-refractivity contribution in [3.8, 4) is 0 Å². The fraction of sp³-hybridized carbons (Fsp3) is 0.323. The number of hydrogen-bond acceptors (Lipinski definition) is 3. The molecule has 0 saturated carbocycles. The van der Waals surface area contributed by atoms with Gasteiger partial charge in [-0.1, -0.05) is 91.0 Å².